The van der Waals surface area contributed by atoms with Crippen LogP contribution in [0.5, 0.6) is 0 Å². The van der Waals surface area contributed by atoms with Crippen molar-refractivity contribution in [1.29, 1.82) is 0 Å². The average molecular weight is 381 g/mol. The maximum Gasteiger partial charge on any atom is 0.157 e. The van der Waals surface area contributed by atoms with Crippen LogP contribution in [-0.4, -0.2) is 17.0 Å². The monoisotopic (exact) mass is 379 g/mol. The zero-order valence-electron chi connectivity index (χ0n) is 9.50. The second-order valence-corrected chi connectivity index (χ2v) is 6.00. The topological polar surface area (TPSA) is 40.5 Å². The molecule has 0 spiro atoms. The third-order valence-electron chi connectivity index (χ3n) is 3.03. The summed E-state index contributed by atoms with van der Waals surface area (Å²) in [5.41, 5.74) is 0.386. The zero-order valence-corrected chi connectivity index (χ0v) is 12.7. The predicted octanol–water partition coefficient (Wildman–Crippen LogP) is 4.06. The number of Topliss-reactive ketones (excluding diaryl/α,β-unsaturated/α-hetero) is 1. The van der Waals surface area contributed by atoms with Crippen LogP contribution in [0.1, 0.15) is 25.7 Å². The number of rotatable bonds is 2. The Hall–Kier alpha value is -0.460. The van der Waals surface area contributed by atoms with Gasteiger partial charge < -0.3 is 0 Å². The van der Waals surface area contributed by atoms with Crippen molar-refractivity contribution in [2.24, 2.45) is 0 Å². The lowest BCUT2D eigenvalue weighted by molar-refractivity contribution is -0.123. The number of benzene rings is 1. The molecule has 1 aliphatic carbocycles. The van der Waals surface area contributed by atoms with Gasteiger partial charge in [0.25, 0.3) is 0 Å². The molecule has 0 amide bonds. The molecule has 1 atom stereocenters. The standard InChI is InChI=1S/C12H12Br2FNO2/c13-8-5-7(15)6-9(14)12(8)16(18)10-3-1-2-4-11(10)17/h5-6,10,18H,1-4H2/t10-/m0/s1. The SMILES string of the molecule is O=C1CCCC[C@@H]1N(O)c1c(Br)cc(F)cc1Br. The first-order chi connectivity index (χ1) is 8.50. The number of carbonyl (C=O) groups excluding carboxylic acids is 1. The van der Waals surface area contributed by atoms with Crippen LogP contribution in [0.3, 0.4) is 0 Å². The van der Waals surface area contributed by atoms with Crippen LogP contribution in [0.15, 0.2) is 21.1 Å². The van der Waals surface area contributed by atoms with E-state index < -0.39 is 11.9 Å². The van der Waals surface area contributed by atoms with Crippen LogP contribution in [0.2, 0.25) is 0 Å². The number of carbonyl (C=O) groups is 1. The summed E-state index contributed by atoms with van der Waals surface area (Å²) in [6.07, 6.45) is 2.88. The summed E-state index contributed by atoms with van der Waals surface area (Å²) < 4.78 is 14.0. The predicted molar refractivity (Wildman–Crippen MR) is 73.3 cm³/mol. The van der Waals surface area contributed by atoms with Crippen LogP contribution in [0, 0.1) is 5.82 Å². The van der Waals surface area contributed by atoms with Crippen LogP contribution in [0.4, 0.5) is 10.1 Å². The minimum absolute atomic E-state index is 0.0203. The quantitative estimate of drug-likeness (QED) is 0.786. The molecule has 0 radical (unpaired) electrons. The van der Waals surface area contributed by atoms with Gasteiger partial charge in [-0.25, -0.2) is 9.45 Å². The Morgan fingerprint density at radius 3 is 2.44 bits per heavy atom. The first-order valence-electron chi connectivity index (χ1n) is 5.66. The molecular weight excluding hydrogens is 369 g/mol. The van der Waals surface area contributed by atoms with Gasteiger partial charge in [-0.05, 0) is 56.8 Å². The molecule has 1 N–H and O–H groups in total. The van der Waals surface area contributed by atoms with Crippen molar-refractivity contribution in [3.8, 4) is 0 Å². The zero-order chi connectivity index (χ0) is 13.3. The lowest BCUT2D eigenvalue weighted by Gasteiger charge is -2.30. The van der Waals surface area contributed by atoms with Crippen molar-refractivity contribution in [3.05, 3.63) is 26.9 Å². The molecule has 0 bridgehead atoms. The van der Waals surface area contributed by atoms with Crippen LogP contribution in [-0.2, 0) is 4.79 Å². The molecule has 1 aromatic rings. The Labute approximate surface area is 121 Å². The second-order valence-electron chi connectivity index (χ2n) is 4.29. The molecule has 2 rings (SSSR count). The Morgan fingerprint density at radius 2 is 1.89 bits per heavy atom. The van der Waals surface area contributed by atoms with Gasteiger partial charge in [0.05, 0.1) is 5.69 Å². The van der Waals surface area contributed by atoms with E-state index in [1.165, 1.54) is 12.1 Å². The summed E-state index contributed by atoms with van der Waals surface area (Å²) in [6, 6.07) is 1.98. The molecule has 1 fully saturated rings. The highest BCUT2D eigenvalue weighted by Crippen LogP contribution is 2.37. The van der Waals surface area contributed by atoms with Gasteiger partial charge in [-0.2, -0.15) is 0 Å². The van der Waals surface area contributed by atoms with E-state index in [0.717, 1.165) is 17.9 Å². The van der Waals surface area contributed by atoms with Gasteiger partial charge >= 0.3 is 0 Å². The van der Waals surface area contributed by atoms with Gasteiger partial charge in [0, 0.05) is 15.4 Å². The average Bonchev–Trinajstić information content (AvgIpc) is 2.27. The largest absolute Gasteiger partial charge is 0.297 e. The number of halogens is 3. The number of anilines is 1. The number of hydroxylamine groups is 1. The van der Waals surface area contributed by atoms with E-state index in [-0.39, 0.29) is 5.78 Å². The van der Waals surface area contributed by atoms with Crippen molar-refractivity contribution in [1.82, 2.24) is 0 Å². The molecule has 98 valence electrons. The fourth-order valence-corrected chi connectivity index (χ4v) is 3.63. The van der Waals surface area contributed by atoms with E-state index in [4.69, 9.17) is 0 Å². The molecular formula is C12H12Br2FNO2. The van der Waals surface area contributed by atoms with E-state index in [9.17, 15) is 14.4 Å². The third kappa shape index (κ3) is 2.75. The van der Waals surface area contributed by atoms with Gasteiger partial charge in [-0.1, -0.05) is 6.42 Å². The molecule has 3 nitrogen and oxygen atoms in total. The van der Waals surface area contributed by atoms with Gasteiger partial charge in [-0.3, -0.25) is 10.0 Å². The molecule has 0 unspecified atom stereocenters. The minimum Gasteiger partial charge on any atom is -0.297 e. The van der Waals surface area contributed by atoms with Crippen molar-refractivity contribution in [3.63, 3.8) is 0 Å². The van der Waals surface area contributed by atoms with Crippen molar-refractivity contribution >= 4 is 43.3 Å². The Morgan fingerprint density at radius 1 is 1.28 bits per heavy atom. The maximum absolute atomic E-state index is 13.2. The summed E-state index contributed by atoms with van der Waals surface area (Å²) in [5, 5.41) is 11.1. The number of hydrogen-bond acceptors (Lipinski definition) is 3. The van der Waals surface area contributed by atoms with Crippen molar-refractivity contribution < 1.29 is 14.4 Å². The highest BCUT2D eigenvalue weighted by molar-refractivity contribution is 9.11. The Kier molecular flexibility index (Phi) is 4.40. The molecule has 1 aliphatic rings. The Balaban J connectivity index is 2.33. The van der Waals surface area contributed by atoms with E-state index >= 15 is 0 Å². The van der Waals surface area contributed by atoms with Gasteiger partial charge in [0.2, 0.25) is 0 Å². The molecule has 6 heteroatoms. The molecule has 18 heavy (non-hydrogen) atoms. The third-order valence-corrected chi connectivity index (χ3v) is 4.24. The van der Waals surface area contributed by atoms with E-state index in [1.807, 2.05) is 0 Å². The van der Waals surface area contributed by atoms with Gasteiger partial charge in [-0.15, -0.1) is 0 Å². The van der Waals surface area contributed by atoms with E-state index in [2.05, 4.69) is 31.9 Å². The number of ketones is 1. The summed E-state index contributed by atoms with van der Waals surface area (Å²) in [5.74, 6) is -0.396. The van der Waals surface area contributed by atoms with Crippen LogP contribution < -0.4 is 5.06 Å². The lowest BCUT2D eigenvalue weighted by atomic mass is 9.93. The van der Waals surface area contributed by atoms with Gasteiger partial charge in [0.1, 0.15) is 11.9 Å². The molecule has 0 heterocycles. The normalized spacial score (nSPS) is 20.0. The fraction of sp³-hybridized carbons (Fsp3) is 0.417. The summed E-state index contributed by atoms with van der Waals surface area (Å²) in [4.78, 5) is 11.8. The van der Waals surface area contributed by atoms with E-state index in [0.29, 0.717) is 27.5 Å². The van der Waals surface area contributed by atoms with E-state index in [1.54, 1.807) is 0 Å². The van der Waals surface area contributed by atoms with Crippen LogP contribution >= 0.6 is 31.9 Å². The maximum atomic E-state index is 13.2. The molecule has 0 saturated heterocycles. The summed E-state index contributed by atoms with van der Waals surface area (Å²) in [7, 11) is 0. The smallest absolute Gasteiger partial charge is 0.157 e. The summed E-state index contributed by atoms with van der Waals surface area (Å²) >= 11 is 6.40. The number of hydrogen-bond donors (Lipinski definition) is 1. The first kappa shape index (κ1) is 14.0. The van der Waals surface area contributed by atoms with Crippen molar-refractivity contribution in [2.45, 2.75) is 31.7 Å². The van der Waals surface area contributed by atoms with Crippen molar-refractivity contribution in [2.75, 3.05) is 5.06 Å². The first-order valence-corrected chi connectivity index (χ1v) is 7.24. The lowest BCUT2D eigenvalue weighted by Crippen LogP contribution is -2.41. The van der Waals surface area contributed by atoms with Crippen LogP contribution in [0.25, 0.3) is 0 Å². The molecule has 1 aromatic carbocycles. The highest BCUT2D eigenvalue weighted by Gasteiger charge is 2.30. The molecule has 1 saturated carbocycles. The highest BCUT2D eigenvalue weighted by atomic mass is 79.9. The Bertz CT molecular complexity index is 458. The molecule has 0 aromatic heterocycles. The summed E-state index contributed by atoms with van der Waals surface area (Å²) in [6.45, 7) is 0. The molecule has 0 aliphatic heterocycles. The second kappa shape index (κ2) is 5.67. The number of nitrogens with zero attached hydrogens (tertiary/aromatic N) is 1. The van der Waals surface area contributed by atoms with Gasteiger partial charge in [0.15, 0.2) is 5.78 Å². The fourth-order valence-electron chi connectivity index (χ4n) is 2.13. The minimum atomic E-state index is -0.545.